The number of carbonyl (C=O) groups excluding carboxylic acids is 4. The summed E-state index contributed by atoms with van der Waals surface area (Å²) in [5, 5.41) is 36.2. The summed E-state index contributed by atoms with van der Waals surface area (Å²) in [6, 6.07) is 36.7. The lowest BCUT2D eigenvalue weighted by molar-refractivity contribution is -0.142. The highest BCUT2D eigenvalue weighted by atomic mass is 79.9. The predicted molar refractivity (Wildman–Crippen MR) is 503 cm³/mol. The van der Waals surface area contributed by atoms with Gasteiger partial charge < -0.3 is 62.7 Å². The Labute approximate surface area is 797 Å². The van der Waals surface area contributed by atoms with Gasteiger partial charge in [0.05, 0.1) is 106 Å². The molecular formula is C86H93BBrCl9F8N14O10. The van der Waals surface area contributed by atoms with Gasteiger partial charge in [0, 0.05) is 93.1 Å². The third-order valence-corrected chi connectivity index (χ3v) is 20.0. The Hall–Kier alpha value is -9.79. The number of aromatic nitrogens is 5. The van der Waals surface area contributed by atoms with E-state index in [1.54, 1.807) is 157 Å². The second-order valence-electron chi connectivity index (χ2n) is 29.7. The Morgan fingerprint density at radius 2 is 0.822 bits per heavy atom. The minimum absolute atomic E-state index is 0. The average Bonchev–Trinajstić information content (AvgIpc) is 1.79. The molecule has 3 saturated heterocycles. The number of hydrogen-bond acceptors (Lipinski definition) is 19. The number of aliphatic carboxylic acids is 1. The highest BCUT2D eigenvalue weighted by Gasteiger charge is 2.44. The number of alkyl halides is 3. The second-order valence-corrected chi connectivity index (χ2v) is 33.0. The number of nitrogens with zero attached hydrogens (tertiary/aromatic N) is 8. The summed E-state index contributed by atoms with van der Waals surface area (Å²) in [5.74, 6) is -5.10. The van der Waals surface area contributed by atoms with Crippen LogP contribution in [0.25, 0.3) is 45.0 Å². The van der Waals surface area contributed by atoms with Gasteiger partial charge in [0.1, 0.15) is 47.0 Å². The SMILES string of the molecule is CC(C)(C)OC(=O)N1C[C@H](F)C[C@H]1C(=O)Nc1cccc(-c2ncccc2Cl)c1F.CC(C)(C)OC(=O)N1C[C@H](F)C[C@H]1C(=O)O.CC(C)=C(Cl)N(C)C.Cl.Cl.Cl.Nc1cccc(-c2ncccc2Cl)c1F.Nc1cccc(-c2ncccc2Cl)c1F.Nc1cccc(Br)c1F.O=C(Nc1cccc(-c2ncccc2Cl)c1F)[C@@H]1C[C@@H](F)CN1.OB(O)c1ncccc1Cl. The molecule has 0 radical (unpaired) electrons. The van der Waals surface area contributed by atoms with Crippen LogP contribution in [0.2, 0.25) is 25.1 Å². The van der Waals surface area contributed by atoms with Crippen molar-refractivity contribution in [3.05, 3.63) is 252 Å². The summed E-state index contributed by atoms with van der Waals surface area (Å²) >= 11 is 38.2. The van der Waals surface area contributed by atoms with Gasteiger partial charge in [-0.3, -0.25) is 44.3 Å². The number of anilines is 5. The normalized spacial score (nSPS) is 15.6. The number of carboxylic acids is 1. The first-order valence-electron chi connectivity index (χ1n) is 38.0. The molecule has 10 aromatic rings. The molecule has 3 aliphatic rings. The number of benzene rings is 5. The van der Waals surface area contributed by atoms with Crippen molar-refractivity contribution in [2.75, 3.05) is 61.6 Å². The monoisotopic (exact) mass is 2040 g/mol. The number of allylic oxidation sites excluding steroid dienone is 1. The number of halogens is 18. The van der Waals surface area contributed by atoms with Crippen LogP contribution in [0, 0.1) is 29.1 Å². The number of nitrogens with one attached hydrogen (secondary N) is 3. The van der Waals surface area contributed by atoms with Gasteiger partial charge in [-0.05, 0) is 198 Å². The zero-order chi connectivity index (χ0) is 93.8. The summed E-state index contributed by atoms with van der Waals surface area (Å²) in [5.41, 5.74) is 18.4. The van der Waals surface area contributed by atoms with Crippen molar-refractivity contribution in [2.24, 2.45) is 0 Å². The Morgan fingerprint density at radius 1 is 0.488 bits per heavy atom. The smallest absolute Gasteiger partial charge is 0.480 e. The molecule has 6 atom stereocenters. The summed E-state index contributed by atoms with van der Waals surface area (Å²) in [4.78, 5) is 83.3. The molecular weight excluding hydrogens is 1950 g/mol. The molecule has 3 fully saturated rings. The molecule has 5 aromatic carbocycles. The van der Waals surface area contributed by atoms with Crippen molar-refractivity contribution in [3.8, 4) is 45.0 Å². The molecule has 129 heavy (non-hydrogen) atoms. The largest absolute Gasteiger partial charge is 0.509 e. The van der Waals surface area contributed by atoms with E-state index in [2.05, 4.69) is 56.8 Å². The molecule has 696 valence electrons. The number of amides is 4. The number of hydrogen-bond donors (Lipinski definition) is 9. The van der Waals surface area contributed by atoms with Crippen LogP contribution >= 0.6 is 123 Å². The molecule has 0 spiro atoms. The maximum atomic E-state index is 15.0. The molecule has 0 aliphatic carbocycles. The van der Waals surface area contributed by atoms with Crippen LogP contribution in [-0.2, 0) is 23.9 Å². The number of nitrogens with two attached hydrogens (primary N) is 3. The quantitative estimate of drug-likeness (QED) is 0.0251. The van der Waals surface area contributed by atoms with Gasteiger partial charge in [0.15, 0.2) is 29.1 Å². The Balaban J connectivity index is 0.000000392. The maximum Gasteiger partial charge on any atom is 0.509 e. The van der Waals surface area contributed by atoms with E-state index in [-0.39, 0.29) is 137 Å². The number of rotatable bonds is 11. The summed E-state index contributed by atoms with van der Waals surface area (Å²) in [6.07, 6.45) is 1.96. The second kappa shape index (κ2) is 53.5. The molecule has 43 heteroatoms. The first-order chi connectivity index (χ1) is 59.2. The predicted octanol–water partition coefficient (Wildman–Crippen LogP) is 20.6. The summed E-state index contributed by atoms with van der Waals surface area (Å²) < 4.78 is 120. The van der Waals surface area contributed by atoms with E-state index in [0.29, 0.717) is 47.7 Å². The van der Waals surface area contributed by atoms with Crippen molar-refractivity contribution in [3.63, 3.8) is 0 Å². The maximum absolute atomic E-state index is 15.0. The lowest BCUT2D eigenvalue weighted by Crippen LogP contribution is -2.45. The van der Waals surface area contributed by atoms with Gasteiger partial charge in [-0.1, -0.05) is 99.9 Å². The van der Waals surface area contributed by atoms with Crippen molar-refractivity contribution < 1.29 is 83.7 Å². The minimum Gasteiger partial charge on any atom is -0.480 e. The number of pyridine rings is 5. The fourth-order valence-electron chi connectivity index (χ4n) is 11.4. The van der Waals surface area contributed by atoms with Gasteiger partial charge in [-0.15, -0.1) is 37.2 Å². The van der Waals surface area contributed by atoms with Crippen LogP contribution in [-0.4, -0.2) is 173 Å². The van der Waals surface area contributed by atoms with Gasteiger partial charge >= 0.3 is 25.3 Å². The molecule has 5 aromatic heterocycles. The highest BCUT2D eigenvalue weighted by molar-refractivity contribution is 9.10. The van der Waals surface area contributed by atoms with Crippen LogP contribution in [0.1, 0.15) is 74.7 Å². The summed E-state index contributed by atoms with van der Waals surface area (Å²) in [6.45, 7) is 13.7. The van der Waals surface area contributed by atoms with E-state index in [1.165, 1.54) is 67.1 Å². The molecule has 0 saturated carbocycles. The van der Waals surface area contributed by atoms with Crippen LogP contribution in [0.4, 0.5) is 73.1 Å². The fraction of sp³-hybridized carbons (Fsp3) is 0.279. The first-order valence-corrected chi connectivity index (χ1v) is 41.0. The third kappa shape index (κ3) is 34.8. The third-order valence-electron chi connectivity index (χ3n) is 17.2. The molecule has 3 aliphatic heterocycles. The van der Waals surface area contributed by atoms with Crippen molar-refractivity contribution in [1.82, 2.24) is 44.9 Å². The molecule has 8 heterocycles. The Morgan fingerprint density at radius 3 is 1.12 bits per heavy atom. The van der Waals surface area contributed by atoms with E-state index in [0.717, 1.165) is 20.5 Å². The topological polar surface area (TPSA) is 353 Å². The van der Waals surface area contributed by atoms with Crippen molar-refractivity contribution in [1.29, 1.82) is 0 Å². The molecule has 24 nitrogen and oxygen atoms in total. The Kier molecular flexibility index (Phi) is 47.0. The molecule has 13 rings (SSSR count). The van der Waals surface area contributed by atoms with Crippen LogP contribution in [0.3, 0.4) is 0 Å². The van der Waals surface area contributed by atoms with E-state index >= 15 is 4.39 Å². The van der Waals surface area contributed by atoms with Gasteiger partial charge in [0.25, 0.3) is 0 Å². The molecule has 12 N–H and O–H groups in total. The molecule has 4 amide bonds. The fourth-order valence-corrected chi connectivity index (χ4v) is 12.9. The summed E-state index contributed by atoms with van der Waals surface area (Å²) in [7, 11) is 2.26. The standard InChI is InChI=1S/C21H22ClF2N3O3.C16H14ClF2N3O.2C11H8ClFN2.C10H16FNO4.C6H5BrFN.C6H12ClN.C5H5BClNO2.3ClH/c1-21(2,3)30-20(29)27-11-12(23)10-16(27)19(28)26-15-8-4-6-13(17(15)24)18-14(22)7-5-9-25-18;17-11-4-2-6-20-15(11)10-3-1-5-12(14(10)19)22-16(23)13-7-9(18)8-21-13;2*12-8-4-2-6-15-11(8)7-3-1-5-9(14)10(7)13;1-10(2,3)16-9(15)12-5-6(11)4-7(12)8(13)14;7-4-2-1-3-5(9)6(4)8;1-5(2)6(7)8(3)4;7-4-2-1-3-8-5(4)6(9)10;;;/h4-9,12,16H,10-11H2,1-3H3,(H,26,28);1-6,9,13,21H,7-8H2,(H,22,23);2*1-6H,14H2;6-7H,4-5H2,1-3H3,(H,13,14);1-3H,9H2;1-4H3;1-3,9-10H;3*1H/t12-,16+;9-,13+;;;6-,7+;;;;;;/m11..1....../s1. The number of carboxylic acid groups (broad SMARTS) is 1. The first kappa shape index (κ1) is 113. The lowest BCUT2D eigenvalue weighted by Gasteiger charge is -2.27. The zero-order valence-electron chi connectivity index (χ0n) is 70.5. The average molecular weight is 2040 g/mol. The highest BCUT2D eigenvalue weighted by Crippen LogP contribution is 2.36. The van der Waals surface area contributed by atoms with Crippen molar-refractivity contribution >= 4 is 194 Å². The van der Waals surface area contributed by atoms with Crippen LogP contribution < -0.4 is 38.7 Å². The van der Waals surface area contributed by atoms with Crippen LogP contribution in [0.15, 0.2) is 198 Å². The van der Waals surface area contributed by atoms with Gasteiger partial charge in [-0.2, -0.15) is 0 Å². The van der Waals surface area contributed by atoms with E-state index in [4.69, 9.17) is 111 Å². The number of ether oxygens (including phenoxy) is 2. The molecule has 0 bridgehead atoms. The number of likely N-dealkylation sites (tertiary alicyclic amines) is 2. The molecule has 0 unspecified atom stereocenters. The van der Waals surface area contributed by atoms with Crippen molar-refractivity contribution in [2.45, 2.75) is 122 Å². The number of nitrogen functional groups attached to an aromatic ring is 3. The van der Waals surface area contributed by atoms with E-state index < -0.39 is 114 Å². The van der Waals surface area contributed by atoms with Crippen LogP contribution in [0.5, 0.6) is 0 Å². The number of carbonyl (C=O) groups is 5. The van der Waals surface area contributed by atoms with E-state index in [1.807, 2.05) is 32.8 Å². The Bertz CT molecular complexity index is 5330. The van der Waals surface area contributed by atoms with E-state index in [9.17, 15) is 54.7 Å². The van der Waals surface area contributed by atoms with Gasteiger partial charge in [-0.25, -0.2) is 49.5 Å². The van der Waals surface area contributed by atoms with Gasteiger partial charge in [0.2, 0.25) is 11.8 Å². The lowest BCUT2D eigenvalue weighted by atomic mass is 9.86. The zero-order valence-corrected chi connectivity index (χ0v) is 79.1. The minimum atomic E-state index is -1.59.